The third-order valence-electron chi connectivity index (χ3n) is 3.43. The first-order valence-electron chi connectivity index (χ1n) is 6.80. The molecule has 2 aliphatic rings. The number of aliphatic hydroxyl groups excluding tert-OH is 2. The van der Waals surface area contributed by atoms with Gasteiger partial charge >= 0.3 is 0 Å². The van der Waals surface area contributed by atoms with E-state index in [-0.39, 0.29) is 24.1 Å². The number of hydrogen-bond donors (Lipinski definition) is 2. The van der Waals surface area contributed by atoms with Gasteiger partial charge in [0.25, 0.3) is 5.24 Å². The number of carbonyl (C=O) groups is 2. The first-order chi connectivity index (χ1) is 9.85. The summed E-state index contributed by atoms with van der Waals surface area (Å²) in [5, 5.41) is 18.3. The topological polar surface area (TPSA) is 99.4 Å². The lowest BCUT2D eigenvalue weighted by Crippen LogP contribution is -2.48. The lowest BCUT2D eigenvalue weighted by molar-refractivity contribution is -0.119. The van der Waals surface area contributed by atoms with Crippen molar-refractivity contribution in [1.82, 2.24) is 4.90 Å². The molecule has 2 fully saturated rings. The van der Waals surface area contributed by atoms with Crippen LogP contribution in [-0.2, 0) is 9.53 Å². The van der Waals surface area contributed by atoms with Crippen LogP contribution in [0.2, 0.25) is 0 Å². The molecule has 0 aromatic rings. The molecule has 0 aromatic carbocycles. The Morgan fingerprint density at radius 2 is 2.14 bits per heavy atom. The highest BCUT2D eigenvalue weighted by Crippen LogP contribution is 2.38. The molecule has 2 unspecified atom stereocenters. The minimum absolute atomic E-state index is 0.142. The van der Waals surface area contributed by atoms with Gasteiger partial charge in [0.05, 0.1) is 12.7 Å². The van der Waals surface area contributed by atoms with E-state index in [0.717, 1.165) is 17.5 Å². The van der Waals surface area contributed by atoms with Gasteiger partial charge in [0, 0.05) is 12.1 Å². The van der Waals surface area contributed by atoms with Gasteiger partial charge in [0.15, 0.2) is 6.23 Å². The largest absolute Gasteiger partial charge is 0.394 e. The van der Waals surface area contributed by atoms with Gasteiger partial charge in [-0.1, -0.05) is 0 Å². The van der Waals surface area contributed by atoms with Crippen LogP contribution in [0.1, 0.15) is 27.2 Å². The molecule has 8 heteroatoms. The third-order valence-corrected chi connectivity index (χ3v) is 4.67. The lowest BCUT2D eigenvalue weighted by atomic mass is 10.1. The van der Waals surface area contributed by atoms with Crippen molar-refractivity contribution in [2.45, 2.75) is 57.0 Å². The predicted molar refractivity (Wildman–Crippen MR) is 78.2 cm³/mol. The maximum atomic E-state index is 12.2. The molecular weight excluding hydrogens is 296 g/mol. The number of Topliss-reactive ketones (excluding diaryl/α,β-unsaturated/α-hetero) is 1. The molecule has 0 radical (unpaired) electrons. The summed E-state index contributed by atoms with van der Waals surface area (Å²) in [6, 6.07) is 0. The zero-order valence-electron chi connectivity index (χ0n) is 12.2. The van der Waals surface area contributed by atoms with Crippen LogP contribution in [0.4, 0.5) is 4.79 Å². The summed E-state index contributed by atoms with van der Waals surface area (Å²) in [5.74, 6) is -0.142. The molecule has 1 amide bonds. The van der Waals surface area contributed by atoms with Crippen molar-refractivity contribution >= 4 is 28.5 Å². The van der Waals surface area contributed by atoms with E-state index < -0.39 is 29.9 Å². The molecule has 7 nitrogen and oxygen atoms in total. The number of amides is 1. The van der Waals surface area contributed by atoms with Crippen LogP contribution in [-0.4, -0.2) is 68.3 Å². The van der Waals surface area contributed by atoms with Gasteiger partial charge in [-0.2, -0.15) is 0 Å². The van der Waals surface area contributed by atoms with E-state index in [1.54, 1.807) is 13.8 Å². The summed E-state index contributed by atoms with van der Waals surface area (Å²) in [6.45, 7) is 4.76. The smallest absolute Gasteiger partial charge is 0.286 e. The van der Waals surface area contributed by atoms with Gasteiger partial charge in [0.2, 0.25) is 0 Å². The monoisotopic (exact) mass is 316 g/mol. The molecule has 0 aliphatic carbocycles. The predicted octanol–water partition coefficient (Wildman–Crippen LogP) is 0.388. The van der Waals surface area contributed by atoms with E-state index in [2.05, 4.69) is 4.99 Å². The van der Waals surface area contributed by atoms with Gasteiger partial charge in [-0.25, -0.2) is 0 Å². The highest BCUT2D eigenvalue weighted by atomic mass is 32.2. The van der Waals surface area contributed by atoms with Crippen molar-refractivity contribution in [2.75, 3.05) is 6.61 Å². The van der Waals surface area contributed by atoms with Gasteiger partial charge in [-0.3, -0.25) is 19.5 Å². The standard InChI is InChI=1S/C13H20N2O5S/c1-6(2)14-11-10(7(3)17)21-13(19)15(11)12-9(18)4-8(5-16)20-12/h8-12,16,18H,4-5H2,1-3H3/t8-,9+,10?,11?,12+/m0/s1. The van der Waals surface area contributed by atoms with Crippen molar-refractivity contribution < 1.29 is 24.5 Å². The number of rotatable bonds is 4. The molecule has 118 valence electrons. The fraction of sp³-hybridized carbons (Fsp3) is 0.769. The Morgan fingerprint density at radius 1 is 1.48 bits per heavy atom. The molecule has 2 aliphatic heterocycles. The zero-order valence-corrected chi connectivity index (χ0v) is 13.0. The Labute approximate surface area is 127 Å². The number of ether oxygens (including phenoxy) is 1. The molecule has 0 aromatic heterocycles. The first kappa shape index (κ1) is 16.4. The highest BCUT2D eigenvalue weighted by Gasteiger charge is 2.51. The number of thioether (sulfide) groups is 1. The molecular formula is C13H20N2O5S. The Bertz CT molecular complexity index is 465. The van der Waals surface area contributed by atoms with E-state index in [1.165, 1.54) is 11.8 Å². The number of carbonyl (C=O) groups excluding carboxylic acids is 2. The average Bonchev–Trinajstić information content (AvgIpc) is 2.89. The van der Waals surface area contributed by atoms with Crippen LogP contribution in [0.5, 0.6) is 0 Å². The summed E-state index contributed by atoms with van der Waals surface area (Å²) in [4.78, 5) is 29.6. The first-order valence-corrected chi connectivity index (χ1v) is 7.68. The van der Waals surface area contributed by atoms with E-state index in [9.17, 15) is 14.7 Å². The normalized spacial score (nSPS) is 36.1. The SMILES string of the molecule is CC(=O)C1SC(=O)N([C@@H]2O[C@H](CO)C[C@H]2O)C1N=C(C)C. The fourth-order valence-electron chi connectivity index (χ4n) is 2.52. The second-order valence-electron chi connectivity index (χ2n) is 5.45. The Morgan fingerprint density at radius 3 is 2.62 bits per heavy atom. The lowest BCUT2D eigenvalue weighted by Gasteiger charge is -2.30. The Kier molecular flexibility index (Phi) is 5.03. The van der Waals surface area contributed by atoms with E-state index >= 15 is 0 Å². The molecule has 2 heterocycles. The van der Waals surface area contributed by atoms with Gasteiger partial charge < -0.3 is 14.9 Å². The fourth-order valence-corrected chi connectivity index (χ4v) is 3.55. The van der Waals surface area contributed by atoms with Crippen LogP contribution < -0.4 is 0 Å². The maximum absolute atomic E-state index is 12.2. The summed E-state index contributed by atoms with van der Waals surface area (Å²) in [7, 11) is 0. The number of hydrogen-bond acceptors (Lipinski definition) is 7. The van der Waals surface area contributed by atoms with Gasteiger partial charge in [-0.05, 0) is 32.5 Å². The van der Waals surface area contributed by atoms with Crippen molar-refractivity contribution in [3.63, 3.8) is 0 Å². The zero-order chi connectivity index (χ0) is 15.7. The average molecular weight is 316 g/mol. The van der Waals surface area contributed by atoms with Crippen molar-refractivity contribution in [1.29, 1.82) is 0 Å². The molecule has 2 N–H and O–H groups in total. The van der Waals surface area contributed by atoms with E-state index in [1.807, 2.05) is 0 Å². The summed E-state index contributed by atoms with van der Waals surface area (Å²) in [6.07, 6.45) is -2.71. The molecule has 0 bridgehead atoms. The van der Waals surface area contributed by atoms with Crippen LogP contribution in [0.25, 0.3) is 0 Å². The van der Waals surface area contributed by atoms with Crippen LogP contribution in [0.15, 0.2) is 4.99 Å². The number of ketones is 1. The van der Waals surface area contributed by atoms with Gasteiger partial charge in [0.1, 0.15) is 23.3 Å². The Hall–Kier alpha value is -0.960. The van der Waals surface area contributed by atoms with Crippen LogP contribution in [0, 0.1) is 0 Å². The second kappa shape index (κ2) is 6.43. The van der Waals surface area contributed by atoms with E-state index in [4.69, 9.17) is 9.84 Å². The van der Waals surface area contributed by atoms with Crippen LogP contribution in [0.3, 0.4) is 0 Å². The number of aliphatic hydroxyl groups is 2. The molecule has 0 spiro atoms. The minimum atomic E-state index is -0.896. The van der Waals surface area contributed by atoms with E-state index in [0.29, 0.717) is 0 Å². The number of nitrogens with zero attached hydrogens (tertiary/aromatic N) is 2. The summed E-state index contributed by atoms with van der Waals surface area (Å²) in [5.41, 5.74) is 0.734. The molecule has 21 heavy (non-hydrogen) atoms. The molecule has 5 atom stereocenters. The van der Waals surface area contributed by atoms with Gasteiger partial charge in [-0.15, -0.1) is 0 Å². The second-order valence-corrected chi connectivity index (χ2v) is 6.54. The Balaban J connectivity index is 2.29. The highest BCUT2D eigenvalue weighted by molar-refractivity contribution is 8.15. The minimum Gasteiger partial charge on any atom is -0.394 e. The molecule has 2 rings (SSSR count). The van der Waals surface area contributed by atoms with Crippen molar-refractivity contribution in [3.05, 3.63) is 0 Å². The summed E-state index contributed by atoms with van der Waals surface area (Å²) < 4.78 is 5.53. The molecule has 0 saturated carbocycles. The van der Waals surface area contributed by atoms with Crippen molar-refractivity contribution in [3.8, 4) is 0 Å². The molecule has 2 saturated heterocycles. The number of aliphatic imine (C=N–C) groups is 1. The quantitative estimate of drug-likeness (QED) is 0.728. The van der Waals surface area contributed by atoms with Crippen molar-refractivity contribution in [2.24, 2.45) is 4.99 Å². The maximum Gasteiger partial charge on any atom is 0.286 e. The van der Waals surface area contributed by atoms with Crippen LogP contribution >= 0.6 is 11.8 Å². The summed E-state index contributed by atoms with van der Waals surface area (Å²) >= 11 is 0.906. The third kappa shape index (κ3) is 3.28.